The first-order chi connectivity index (χ1) is 8.34. The first kappa shape index (κ1) is 14.7. The summed E-state index contributed by atoms with van der Waals surface area (Å²) >= 11 is 0. The number of carbonyl (C=O) groups is 2. The molecule has 1 heterocycles. The lowest BCUT2D eigenvalue weighted by atomic mass is 10.0. The number of nitrogens with one attached hydrogen (secondary N) is 1. The third-order valence-corrected chi connectivity index (χ3v) is 2.98. The van der Waals surface area contributed by atoms with Gasteiger partial charge >= 0.3 is 12.0 Å². The first-order valence-corrected chi connectivity index (χ1v) is 5.92. The number of aliphatic hydroxyl groups excluding tert-OH is 1. The molecule has 0 aromatic carbocycles. The highest BCUT2D eigenvalue weighted by molar-refractivity contribution is 5.74. The van der Waals surface area contributed by atoms with E-state index < -0.39 is 18.0 Å². The van der Waals surface area contributed by atoms with Crippen LogP contribution in [0.15, 0.2) is 0 Å². The van der Waals surface area contributed by atoms with Gasteiger partial charge in [-0.1, -0.05) is 0 Å². The van der Waals surface area contributed by atoms with Crippen molar-refractivity contribution in [2.24, 2.45) is 5.92 Å². The lowest BCUT2D eigenvalue weighted by Gasteiger charge is -2.24. The number of urea groups is 1. The minimum atomic E-state index is -1.46. The van der Waals surface area contributed by atoms with Crippen molar-refractivity contribution in [1.29, 1.82) is 0 Å². The van der Waals surface area contributed by atoms with Crippen LogP contribution >= 0.6 is 0 Å². The summed E-state index contributed by atoms with van der Waals surface area (Å²) in [6.07, 6.45) is 0.335. The molecule has 0 bridgehead atoms. The molecule has 1 rings (SSSR count). The quantitative estimate of drug-likeness (QED) is 0.519. The second-order valence-corrected chi connectivity index (χ2v) is 5.01. The molecule has 2 atom stereocenters. The molecule has 2 amide bonds. The van der Waals surface area contributed by atoms with E-state index >= 15 is 0 Å². The number of hydrogen-bond acceptors (Lipinski definition) is 4. The Hall–Kier alpha value is -1.34. The van der Waals surface area contributed by atoms with Crippen LogP contribution in [0.1, 0.15) is 19.8 Å². The summed E-state index contributed by atoms with van der Waals surface area (Å²) in [6, 6.07) is -0.336. The van der Waals surface area contributed by atoms with Gasteiger partial charge in [0.2, 0.25) is 0 Å². The minimum absolute atomic E-state index is 0.0561. The van der Waals surface area contributed by atoms with Crippen LogP contribution in [-0.2, 0) is 4.79 Å². The number of carboxylic acids is 1. The van der Waals surface area contributed by atoms with Crippen LogP contribution < -0.4 is 5.32 Å². The topological polar surface area (TPSA) is 110 Å². The summed E-state index contributed by atoms with van der Waals surface area (Å²) < 4.78 is 0. The summed E-state index contributed by atoms with van der Waals surface area (Å²) in [5, 5.41) is 29.8. The maximum absolute atomic E-state index is 11.7. The van der Waals surface area contributed by atoms with Crippen LogP contribution in [0.25, 0.3) is 0 Å². The van der Waals surface area contributed by atoms with Crippen molar-refractivity contribution >= 4 is 12.0 Å². The SMILES string of the molecule is CC(O)(CNC(=O)N1CCC(CO)C1)CC(=O)O. The zero-order chi connectivity index (χ0) is 13.8. The third kappa shape index (κ3) is 4.50. The number of amides is 2. The van der Waals surface area contributed by atoms with Gasteiger partial charge in [-0.15, -0.1) is 0 Å². The van der Waals surface area contributed by atoms with Gasteiger partial charge in [0.25, 0.3) is 0 Å². The maximum atomic E-state index is 11.7. The molecule has 4 N–H and O–H groups in total. The van der Waals surface area contributed by atoms with Gasteiger partial charge in [0.1, 0.15) is 0 Å². The molecule has 1 aliphatic rings. The number of nitrogens with zero attached hydrogens (tertiary/aromatic N) is 1. The molecule has 18 heavy (non-hydrogen) atoms. The van der Waals surface area contributed by atoms with Crippen molar-refractivity contribution in [3.05, 3.63) is 0 Å². The Morgan fingerprint density at radius 3 is 2.67 bits per heavy atom. The van der Waals surface area contributed by atoms with Gasteiger partial charge < -0.3 is 25.5 Å². The molecule has 1 saturated heterocycles. The summed E-state index contributed by atoms with van der Waals surface area (Å²) in [5.74, 6) is -1.01. The van der Waals surface area contributed by atoms with E-state index in [1.54, 1.807) is 4.90 Å². The molecule has 0 radical (unpaired) electrons. The number of aliphatic hydroxyl groups is 2. The van der Waals surface area contributed by atoms with E-state index in [1.165, 1.54) is 6.92 Å². The van der Waals surface area contributed by atoms with Crippen LogP contribution in [0.5, 0.6) is 0 Å². The van der Waals surface area contributed by atoms with E-state index in [0.29, 0.717) is 13.1 Å². The van der Waals surface area contributed by atoms with Crippen molar-refractivity contribution in [2.45, 2.75) is 25.4 Å². The van der Waals surface area contributed by atoms with Crippen molar-refractivity contribution in [3.8, 4) is 0 Å². The lowest BCUT2D eigenvalue weighted by Crippen LogP contribution is -2.46. The molecular formula is C11H20N2O5. The van der Waals surface area contributed by atoms with Crippen LogP contribution in [0.2, 0.25) is 0 Å². The van der Waals surface area contributed by atoms with E-state index in [9.17, 15) is 14.7 Å². The van der Waals surface area contributed by atoms with E-state index in [0.717, 1.165) is 6.42 Å². The van der Waals surface area contributed by atoms with Crippen molar-refractivity contribution < 1.29 is 24.9 Å². The number of carboxylic acid groups (broad SMARTS) is 1. The Bertz CT molecular complexity index is 319. The third-order valence-electron chi connectivity index (χ3n) is 2.98. The van der Waals surface area contributed by atoms with Crippen LogP contribution in [0.3, 0.4) is 0 Å². The minimum Gasteiger partial charge on any atom is -0.481 e. The Morgan fingerprint density at radius 1 is 1.50 bits per heavy atom. The van der Waals surface area contributed by atoms with Crippen molar-refractivity contribution in [1.82, 2.24) is 10.2 Å². The van der Waals surface area contributed by atoms with Crippen molar-refractivity contribution in [3.63, 3.8) is 0 Å². The van der Waals surface area contributed by atoms with E-state index in [2.05, 4.69) is 5.32 Å². The highest BCUT2D eigenvalue weighted by atomic mass is 16.4. The molecule has 0 aliphatic carbocycles. The largest absolute Gasteiger partial charge is 0.481 e. The fraction of sp³-hybridized carbons (Fsp3) is 0.818. The number of carbonyl (C=O) groups excluding carboxylic acids is 1. The summed E-state index contributed by atoms with van der Waals surface area (Å²) in [5.41, 5.74) is -1.46. The highest BCUT2D eigenvalue weighted by Crippen LogP contribution is 2.15. The number of hydrogen-bond donors (Lipinski definition) is 4. The predicted molar refractivity (Wildman–Crippen MR) is 63.0 cm³/mol. The monoisotopic (exact) mass is 260 g/mol. The molecule has 0 spiro atoms. The highest BCUT2D eigenvalue weighted by Gasteiger charge is 2.29. The predicted octanol–water partition coefficient (Wildman–Crippen LogP) is -0.764. The smallest absolute Gasteiger partial charge is 0.317 e. The zero-order valence-electron chi connectivity index (χ0n) is 10.4. The van der Waals surface area contributed by atoms with E-state index in [-0.39, 0.29) is 25.1 Å². The van der Waals surface area contributed by atoms with Gasteiger partial charge in [0, 0.05) is 32.2 Å². The molecule has 2 unspecified atom stereocenters. The Kier molecular flexibility index (Phi) is 4.92. The van der Waals surface area contributed by atoms with Gasteiger partial charge in [0.15, 0.2) is 0 Å². The average molecular weight is 260 g/mol. The fourth-order valence-electron chi connectivity index (χ4n) is 1.93. The van der Waals surface area contributed by atoms with E-state index in [1.807, 2.05) is 0 Å². The first-order valence-electron chi connectivity index (χ1n) is 5.92. The van der Waals surface area contributed by atoms with Crippen LogP contribution in [0, 0.1) is 5.92 Å². The van der Waals surface area contributed by atoms with E-state index in [4.69, 9.17) is 10.2 Å². The average Bonchev–Trinajstić information content (AvgIpc) is 2.72. The number of likely N-dealkylation sites (tertiary alicyclic amines) is 1. The van der Waals surface area contributed by atoms with Gasteiger partial charge in [0.05, 0.1) is 12.0 Å². The molecule has 104 valence electrons. The summed E-state index contributed by atoms with van der Waals surface area (Å²) in [4.78, 5) is 23.8. The Morgan fingerprint density at radius 2 is 2.17 bits per heavy atom. The van der Waals surface area contributed by atoms with Gasteiger partial charge in [-0.25, -0.2) is 4.79 Å². The second kappa shape index (κ2) is 6.01. The summed E-state index contributed by atoms with van der Waals surface area (Å²) in [6.45, 7) is 2.36. The second-order valence-electron chi connectivity index (χ2n) is 5.01. The molecule has 0 saturated carbocycles. The fourth-order valence-corrected chi connectivity index (χ4v) is 1.93. The van der Waals surface area contributed by atoms with Crippen LogP contribution in [-0.4, -0.2) is 64.1 Å². The number of aliphatic carboxylic acids is 1. The zero-order valence-corrected chi connectivity index (χ0v) is 10.4. The lowest BCUT2D eigenvalue weighted by molar-refractivity contribution is -0.141. The number of rotatable bonds is 5. The Balaban J connectivity index is 2.35. The van der Waals surface area contributed by atoms with Gasteiger partial charge in [-0.2, -0.15) is 0 Å². The maximum Gasteiger partial charge on any atom is 0.317 e. The molecule has 0 aromatic heterocycles. The Labute approximate surface area is 105 Å². The van der Waals surface area contributed by atoms with Gasteiger partial charge in [-0.3, -0.25) is 4.79 Å². The molecule has 7 nitrogen and oxygen atoms in total. The standard InChI is InChI=1S/C11H20N2O5/c1-11(18,4-9(15)16)7-12-10(17)13-3-2-8(5-13)6-14/h8,14,18H,2-7H2,1H3,(H,12,17)(H,15,16). The molecule has 0 aromatic rings. The van der Waals surface area contributed by atoms with Crippen LogP contribution in [0.4, 0.5) is 4.79 Å². The van der Waals surface area contributed by atoms with Crippen molar-refractivity contribution in [2.75, 3.05) is 26.2 Å². The molecule has 1 aliphatic heterocycles. The normalized spacial score (nSPS) is 22.6. The van der Waals surface area contributed by atoms with Gasteiger partial charge in [-0.05, 0) is 13.3 Å². The molecule has 7 heteroatoms. The molecular weight excluding hydrogens is 240 g/mol. The summed E-state index contributed by atoms with van der Waals surface area (Å²) in [7, 11) is 0. The molecule has 1 fully saturated rings.